The van der Waals surface area contributed by atoms with Crippen LogP contribution in [-0.2, 0) is 25.7 Å². The lowest BCUT2D eigenvalue weighted by Gasteiger charge is -2.35. The molecule has 0 bridgehead atoms. The molecular formula is C24H27N3O8. The number of fused-ring (bicyclic) bond motifs is 1. The number of rotatable bonds is 6. The topological polar surface area (TPSA) is 135 Å². The second-order valence-corrected chi connectivity index (χ2v) is 8.63. The first-order valence-electron chi connectivity index (χ1n) is 11.5. The van der Waals surface area contributed by atoms with Gasteiger partial charge in [0.25, 0.3) is 5.91 Å². The maximum atomic E-state index is 13.0. The molecule has 0 unspecified atom stereocenters. The molecule has 1 aromatic carbocycles. The van der Waals surface area contributed by atoms with Gasteiger partial charge in [0.05, 0.1) is 6.61 Å². The van der Waals surface area contributed by atoms with Crippen LogP contribution in [0.15, 0.2) is 33.5 Å². The summed E-state index contributed by atoms with van der Waals surface area (Å²) in [6.07, 6.45) is 3.23. The molecule has 1 aliphatic heterocycles. The predicted molar refractivity (Wildman–Crippen MR) is 124 cm³/mol. The van der Waals surface area contributed by atoms with Gasteiger partial charge in [-0.3, -0.25) is 19.8 Å². The molecule has 35 heavy (non-hydrogen) atoms. The Bertz CT molecular complexity index is 1230. The van der Waals surface area contributed by atoms with Gasteiger partial charge in [-0.15, -0.1) is 0 Å². The zero-order valence-corrected chi connectivity index (χ0v) is 19.6. The fraction of sp³-hybridized carbons (Fsp3) is 0.458. The summed E-state index contributed by atoms with van der Waals surface area (Å²) in [5, 5.41) is 3.02. The van der Waals surface area contributed by atoms with Crippen molar-refractivity contribution in [1.82, 2.24) is 9.80 Å². The number of nitrogens with zero attached hydrogens (tertiary/aromatic N) is 2. The molecular weight excluding hydrogens is 458 g/mol. The molecule has 1 N–H and O–H groups in total. The largest absolute Gasteiger partial charge is 0.459 e. The summed E-state index contributed by atoms with van der Waals surface area (Å²) in [5.74, 6) is -1.14. The van der Waals surface area contributed by atoms with E-state index in [2.05, 4.69) is 5.32 Å². The second kappa shape index (κ2) is 9.77. The van der Waals surface area contributed by atoms with Crippen molar-refractivity contribution in [2.24, 2.45) is 0 Å². The summed E-state index contributed by atoms with van der Waals surface area (Å²) < 4.78 is 15.4. The van der Waals surface area contributed by atoms with Crippen molar-refractivity contribution in [2.45, 2.75) is 51.2 Å². The first-order valence-corrected chi connectivity index (χ1v) is 11.5. The summed E-state index contributed by atoms with van der Waals surface area (Å²) in [6, 6.07) is 5.34. The van der Waals surface area contributed by atoms with E-state index in [9.17, 15) is 24.0 Å². The fourth-order valence-electron chi connectivity index (χ4n) is 4.72. The maximum Gasteiger partial charge on any atom is 0.411 e. The lowest BCUT2D eigenvalue weighted by Crippen LogP contribution is -2.49. The molecule has 2 aromatic rings. The van der Waals surface area contributed by atoms with Crippen molar-refractivity contribution in [1.29, 1.82) is 0 Å². The molecule has 0 atom stereocenters. The Kier molecular flexibility index (Phi) is 6.77. The van der Waals surface area contributed by atoms with Crippen molar-refractivity contribution in [2.75, 3.05) is 25.5 Å². The zero-order chi connectivity index (χ0) is 25.2. The summed E-state index contributed by atoms with van der Waals surface area (Å²) in [4.78, 5) is 64.3. The van der Waals surface area contributed by atoms with E-state index in [4.69, 9.17) is 13.9 Å². The van der Waals surface area contributed by atoms with Gasteiger partial charge in [-0.25, -0.2) is 14.4 Å². The highest BCUT2D eigenvalue weighted by Gasteiger charge is 2.55. The average molecular weight is 485 g/mol. The number of ether oxygens (including phenoxy) is 2. The molecule has 1 saturated heterocycles. The van der Waals surface area contributed by atoms with Gasteiger partial charge in [0.1, 0.15) is 24.3 Å². The number of hydrogen-bond donors (Lipinski definition) is 1. The number of benzene rings is 1. The van der Waals surface area contributed by atoms with E-state index in [0.717, 1.165) is 24.2 Å². The molecule has 1 aliphatic carbocycles. The van der Waals surface area contributed by atoms with Gasteiger partial charge in [-0.1, -0.05) is 19.3 Å². The van der Waals surface area contributed by atoms with Crippen molar-refractivity contribution in [3.8, 4) is 0 Å². The van der Waals surface area contributed by atoms with E-state index in [1.54, 1.807) is 26.1 Å². The normalized spacial score (nSPS) is 17.2. The highest BCUT2D eigenvalue weighted by molar-refractivity contribution is 6.08. The number of hydrogen-bond acceptors (Lipinski definition) is 8. The van der Waals surface area contributed by atoms with Crippen LogP contribution in [0, 0.1) is 0 Å². The van der Waals surface area contributed by atoms with E-state index in [1.165, 1.54) is 17.0 Å². The molecule has 11 heteroatoms. The Morgan fingerprint density at radius 1 is 1.09 bits per heavy atom. The van der Waals surface area contributed by atoms with Gasteiger partial charge in [0.2, 0.25) is 0 Å². The number of imide groups is 1. The van der Waals surface area contributed by atoms with Crippen molar-refractivity contribution < 1.29 is 33.1 Å². The summed E-state index contributed by atoms with van der Waals surface area (Å²) in [6.45, 7) is 1.11. The minimum absolute atomic E-state index is 0.184. The van der Waals surface area contributed by atoms with Crippen molar-refractivity contribution in [3.63, 3.8) is 0 Å². The van der Waals surface area contributed by atoms with Crippen LogP contribution in [0.25, 0.3) is 11.0 Å². The summed E-state index contributed by atoms with van der Waals surface area (Å²) >= 11 is 0. The van der Waals surface area contributed by atoms with Crippen LogP contribution < -0.4 is 10.9 Å². The molecule has 2 heterocycles. The third kappa shape index (κ3) is 4.71. The minimum atomic E-state index is -0.875. The number of nitrogens with one attached hydrogen (secondary N) is 1. The van der Waals surface area contributed by atoms with Gasteiger partial charge < -0.3 is 18.8 Å². The SMILES string of the molecule is CCOC(=O)Nc1ccc2c(COC(=O)CN3C(=O)N(C)C4(CCCCC4)C3=O)cc(=O)oc2c1. The number of likely N-dealkylation sites (N-methyl/N-ethyl adjacent to an activating group) is 1. The molecule has 1 spiro atoms. The number of carbonyl (C=O) groups excluding carboxylic acids is 4. The van der Waals surface area contributed by atoms with Crippen LogP contribution in [0.5, 0.6) is 0 Å². The molecule has 2 fully saturated rings. The lowest BCUT2D eigenvalue weighted by molar-refractivity contribution is -0.149. The molecule has 1 saturated carbocycles. The van der Waals surface area contributed by atoms with E-state index in [-0.39, 0.29) is 24.7 Å². The van der Waals surface area contributed by atoms with E-state index < -0.39 is 35.8 Å². The van der Waals surface area contributed by atoms with E-state index >= 15 is 0 Å². The Morgan fingerprint density at radius 2 is 1.83 bits per heavy atom. The van der Waals surface area contributed by atoms with E-state index in [0.29, 0.717) is 29.5 Å². The number of anilines is 1. The highest BCUT2D eigenvalue weighted by atomic mass is 16.5. The molecule has 4 amide bonds. The molecule has 11 nitrogen and oxygen atoms in total. The Morgan fingerprint density at radius 3 is 2.54 bits per heavy atom. The Hall–Kier alpha value is -3.89. The average Bonchev–Trinajstić information content (AvgIpc) is 2.99. The van der Waals surface area contributed by atoms with Crippen LogP contribution in [-0.4, -0.2) is 59.5 Å². The van der Waals surface area contributed by atoms with Crippen LogP contribution in [0.1, 0.15) is 44.6 Å². The van der Waals surface area contributed by atoms with Gasteiger partial charge in [-0.05, 0) is 31.9 Å². The quantitative estimate of drug-likeness (QED) is 0.375. The maximum absolute atomic E-state index is 13.0. The third-order valence-electron chi connectivity index (χ3n) is 6.51. The van der Waals surface area contributed by atoms with Crippen LogP contribution in [0.4, 0.5) is 15.3 Å². The Balaban J connectivity index is 1.45. The number of esters is 1. The van der Waals surface area contributed by atoms with Gasteiger partial charge >= 0.3 is 23.7 Å². The number of carbonyl (C=O) groups is 4. The van der Waals surface area contributed by atoms with Gasteiger partial charge in [-0.2, -0.15) is 0 Å². The molecule has 0 radical (unpaired) electrons. The van der Waals surface area contributed by atoms with Crippen molar-refractivity contribution in [3.05, 3.63) is 40.2 Å². The van der Waals surface area contributed by atoms with E-state index in [1.807, 2.05) is 0 Å². The zero-order valence-electron chi connectivity index (χ0n) is 19.6. The predicted octanol–water partition coefficient (Wildman–Crippen LogP) is 3.00. The molecule has 4 rings (SSSR count). The first-order chi connectivity index (χ1) is 16.7. The smallest absolute Gasteiger partial charge is 0.411 e. The molecule has 186 valence electrons. The fourth-order valence-corrected chi connectivity index (χ4v) is 4.72. The molecule has 1 aromatic heterocycles. The summed E-state index contributed by atoms with van der Waals surface area (Å²) in [5.41, 5.74) is -0.613. The third-order valence-corrected chi connectivity index (χ3v) is 6.51. The van der Waals surface area contributed by atoms with Crippen LogP contribution in [0.2, 0.25) is 0 Å². The van der Waals surface area contributed by atoms with Crippen LogP contribution in [0.3, 0.4) is 0 Å². The monoisotopic (exact) mass is 485 g/mol. The highest BCUT2D eigenvalue weighted by Crippen LogP contribution is 2.39. The second-order valence-electron chi connectivity index (χ2n) is 8.63. The van der Waals surface area contributed by atoms with Gasteiger partial charge in [0.15, 0.2) is 0 Å². The Labute approximate surface area is 200 Å². The standard InChI is InChI=1S/C24H27N3O8/c1-3-33-22(31)25-16-7-8-17-15(11-19(28)35-18(17)12-16)14-34-20(29)13-27-21(30)24(26(2)23(27)32)9-5-4-6-10-24/h7-8,11-12H,3-6,9-10,13-14H2,1-2H3,(H,25,31). The molecule has 2 aliphatic rings. The first kappa shape index (κ1) is 24.2. The van der Waals surface area contributed by atoms with Crippen LogP contribution >= 0.6 is 0 Å². The lowest BCUT2D eigenvalue weighted by atomic mass is 9.81. The summed E-state index contributed by atoms with van der Waals surface area (Å²) in [7, 11) is 1.59. The number of urea groups is 1. The number of amides is 4. The van der Waals surface area contributed by atoms with Crippen molar-refractivity contribution >= 4 is 40.7 Å². The minimum Gasteiger partial charge on any atom is -0.459 e. The van der Waals surface area contributed by atoms with Gasteiger partial charge in [0, 0.05) is 35.8 Å².